The molecule has 0 fully saturated rings. The summed E-state index contributed by atoms with van der Waals surface area (Å²) in [6, 6.07) is 16.1. The Bertz CT molecular complexity index is 520. The van der Waals surface area contributed by atoms with Gasteiger partial charge in [0, 0.05) is 18.4 Å². The molecule has 0 aromatic heterocycles. The Labute approximate surface area is 121 Å². The predicted octanol–water partition coefficient (Wildman–Crippen LogP) is 3.35. The Kier molecular flexibility index (Phi) is 4.88. The first kappa shape index (κ1) is 14.3. The Hall–Kier alpha value is -2.16. The third-order valence-electron chi connectivity index (χ3n) is 3.36. The van der Waals surface area contributed by atoms with Gasteiger partial charge in [-0.1, -0.05) is 19.1 Å². The lowest BCUT2D eigenvalue weighted by Crippen LogP contribution is -2.23. The van der Waals surface area contributed by atoms with Gasteiger partial charge >= 0.3 is 0 Å². The van der Waals surface area contributed by atoms with E-state index in [-0.39, 0.29) is 0 Å². The molecule has 0 spiro atoms. The zero-order valence-corrected chi connectivity index (χ0v) is 12.2. The molecule has 0 bridgehead atoms. The van der Waals surface area contributed by atoms with Crippen molar-refractivity contribution in [3.8, 4) is 5.75 Å². The highest BCUT2D eigenvalue weighted by Crippen LogP contribution is 2.15. The third kappa shape index (κ3) is 3.92. The van der Waals surface area contributed by atoms with Gasteiger partial charge in [-0.25, -0.2) is 0 Å². The molecular weight excluding hydrogens is 248 g/mol. The molecule has 0 aliphatic rings. The SMILES string of the molecule is CCc1ccc(N(C)CCOc2ccc(N)cc2)cc1. The highest BCUT2D eigenvalue weighted by atomic mass is 16.5. The van der Waals surface area contributed by atoms with Gasteiger partial charge in [0.2, 0.25) is 0 Å². The monoisotopic (exact) mass is 270 g/mol. The number of aryl methyl sites for hydroxylation is 1. The number of benzene rings is 2. The molecule has 0 amide bonds. The van der Waals surface area contributed by atoms with Gasteiger partial charge in [0.15, 0.2) is 0 Å². The van der Waals surface area contributed by atoms with E-state index in [2.05, 4.69) is 43.1 Å². The van der Waals surface area contributed by atoms with Crippen LogP contribution in [0.25, 0.3) is 0 Å². The van der Waals surface area contributed by atoms with Crippen molar-refractivity contribution in [1.82, 2.24) is 0 Å². The molecule has 0 aliphatic carbocycles. The predicted molar refractivity (Wildman–Crippen MR) is 85.4 cm³/mol. The lowest BCUT2D eigenvalue weighted by Gasteiger charge is -2.19. The van der Waals surface area contributed by atoms with Crippen LogP contribution in [0.2, 0.25) is 0 Å². The standard InChI is InChI=1S/C17H22N2O/c1-3-14-4-8-16(9-5-14)19(2)12-13-20-17-10-6-15(18)7-11-17/h4-11H,3,12-13,18H2,1-2H3. The fourth-order valence-electron chi connectivity index (χ4n) is 1.98. The molecule has 0 saturated carbocycles. The number of ether oxygens (including phenoxy) is 1. The van der Waals surface area contributed by atoms with Crippen molar-refractivity contribution >= 4 is 11.4 Å². The molecule has 2 aromatic carbocycles. The first-order chi connectivity index (χ1) is 9.69. The van der Waals surface area contributed by atoms with E-state index in [0.29, 0.717) is 6.61 Å². The van der Waals surface area contributed by atoms with Crippen molar-refractivity contribution in [2.75, 3.05) is 30.8 Å². The fourth-order valence-corrected chi connectivity index (χ4v) is 1.98. The van der Waals surface area contributed by atoms with Crippen molar-refractivity contribution in [3.63, 3.8) is 0 Å². The minimum Gasteiger partial charge on any atom is -0.492 e. The largest absolute Gasteiger partial charge is 0.492 e. The van der Waals surface area contributed by atoms with Crippen molar-refractivity contribution in [2.24, 2.45) is 0 Å². The molecule has 0 atom stereocenters. The van der Waals surface area contributed by atoms with E-state index in [1.807, 2.05) is 24.3 Å². The number of likely N-dealkylation sites (N-methyl/N-ethyl adjacent to an activating group) is 1. The smallest absolute Gasteiger partial charge is 0.119 e. The van der Waals surface area contributed by atoms with Gasteiger partial charge in [-0.15, -0.1) is 0 Å². The Balaban J connectivity index is 1.82. The number of nitrogens with zero attached hydrogens (tertiary/aromatic N) is 1. The highest BCUT2D eigenvalue weighted by Gasteiger charge is 2.01. The molecule has 3 nitrogen and oxygen atoms in total. The van der Waals surface area contributed by atoms with Gasteiger partial charge in [0.1, 0.15) is 12.4 Å². The van der Waals surface area contributed by atoms with E-state index in [1.54, 1.807) is 0 Å². The summed E-state index contributed by atoms with van der Waals surface area (Å²) in [5.74, 6) is 0.855. The molecule has 3 heteroatoms. The maximum Gasteiger partial charge on any atom is 0.119 e. The lowest BCUT2D eigenvalue weighted by atomic mass is 10.1. The van der Waals surface area contributed by atoms with Gasteiger partial charge in [-0.05, 0) is 48.4 Å². The highest BCUT2D eigenvalue weighted by molar-refractivity contribution is 5.47. The topological polar surface area (TPSA) is 38.5 Å². The molecule has 0 radical (unpaired) electrons. The van der Waals surface area contributed by atoms with Crippen LogP contribution in [0.3, 0.4) is 0 Å². The first-order valence-electron chi connectivity index (χ1n) is 6.97. The van der Waals surface area contributed by atoms with E-state index in [1.165, 1.54) is 11.3 Å². The average Bonchev–Trinajstić information content (AvgIpc) is 2.49. The van der Waals surface area contributed by atoms with E-state index < -0.39 is 0 Å². The van der Waals surface area contributed by atoms with Gasteiger partial charge in [0.05, 0.1) is 6.54 Å². The van der Waals surface area contributed by atoms with Crippen LogP contribution in [-0.4, -0.2) is 20.2 Å². The average molecular weight is 270 g/mol. The van der Waals surface area contributed by atoms with Crippen molar-refractivity contribution in [2.45, 2.75) is 13.3 Å². The minimum atomic E-state index is 0.649. The molecule has 2 rings (SSSR count). The van der Waals surface area contributed by atoms with Crippen molar-refractivity contribution in [1.29, 1.82) is 0 Å². The van der Waals surface area contributed by atoms with E-state index in [9.17, 15) is 0 Å². The zero-order chi connectivity index (χ0) is 14.4. The zero-order valence-electron chi connectivity index (χ0n) is 12.2. The Morgan fingerprint density at radius 3 is 2.25 bits per heavy atom. The van der Waals surface area contributed by atoms with E-state index in [4.69, 9.17) is 10.5 Å². The maximum absolute atomic E-state index is 5.70. The van der Waals surface area contributed by atoms with Crippen LogP contribution in [-0.2, 0) is 6.42 Å². The van der Waals surface area contributed by atoms with Crippen LogP contribution < -0.4 is 15.4 Å². The summed E-state index contributed by atoms with van der Waals surface area (Å²) in [4.78, 5) is 2.19. The molecule has 0 aliphatic heterocycles. The Morgan fingerprint density at radius 1 is 1.00 bits per heavy atom. The number of hydrogen-bond acceptors (Lipinski definition) is 3. The third-order valence-corrected chi connectivity index (χ3v) is 3.36. The summed E-state index contributed by atoms with van der Waals surface area (Å²) in [5, 5.41) is 0. The first-order valence-corrected chi connectivity index (χ1v) is 6.97. The lowest BCUT2D eigenvalue weighted by molar-refractivity contribution is 0.326. The summed E-state index contributed by atoms with van der Waals surface area (Å²) in [5.41, 5.74) is 8.97. The summed E-state index contributed by atoms with van der Waals surface area (Å²) >= 11 is 0. The van der Waals surface area contributed by atoms with Crippen LogP contribution in [0, 0.1) is 0 Å². The van der Waals surface area contributed by atoms with Gasteiger partial charge in [-0.2, -0.15) is 0 Å². The summed E-state index contributed by atoms with van der Waals surface area (Å²) in [6.45, 7) is 3.66. The summed E-state index contributed by atoms with van der Waals surface area (Å²) in [6.07, 6.45) is 1.07. The second-order valence-corrected chi connectivity index (χ2v) is 4.86. The molecule has 106 valence electrons. The molecule has 2 N–H and O–H groups in total. The van der Waals surface area contributed by atoms with Crippen molar-refractivity contribution in [3.05, 3.63) is 54.1 Å². The molecule has 0 heterocycles. The molecule has 0 saturated heterocycles. The number of anilines is 2. The quantitative estimate of drug-likeness (QED) is 0.818. The normalized spacial score (nSPS) is 10.3. The van der Waals surface area contributed by atoms with Crippen LogP contribution in [0.5, 0.6) is 5.75 Å². The Morgan fingerprint density at radius 2 is 1.65 bits per heavy atom. The van der Waals surface area contributed by atoms with Crippen LogP contribution in [0.1, 0.15) is 12.5 Å². The van der Waals surface area contributed by atoms with Crippen molar-refractivity contribution < 1.29 is 4.74 Å². The van der Waals surface area contributed by atoms with Crippen LogP contribution >= 0.6 is 0 Å². The maximum atomic E-state index is 5.70. The van der Waals surface area contributed by atoms with Crippen LogP contribution in [0.4, 0.5) is 11.4 Å². The summed E-state index contributed by atoms with van der Waals surface area (Å²) < 4.78 is 5.70. The van der Waals surface area contributed by atoms with Crippen LogP contribution in [0.15, 0.2) is 48.5 Å². The summed E-state index contributed by atoms with van der Waals surface area (Å²) in [7, 11) is 2.08. The van der Waals surface area contributed by atoms with E-state index >= 15 is 0 Å². The molecule has 20 heavy (non-hydrogen) atoms. The number of nitrogen functional groups attached to an aromatic ring is 1. The van der Waals surface area contributed by atoms with Gasteiger partial charge in [-0.3, -0.25) is 0 Å². The van der Waals surface area contributed by atoms with Gasteiger partial charge < -0.3 is 15.4 Å². The number of hydrogen-bond donors (Lipinski definition) is 1. The second kappa shape index (κ2) is 6.85. The molecule has 2 aromatic rings. The fraction of sp³-hybridized carbons (Fsp3) is 0.294. The minimum absolute atomic E-state index is 0.649. The van der Waals surface area contributed by atoms with Gasteiger partial charge in [0.25, 0.3) is 0 Å². The number of rotatable bonds is 6. The second-order valence-electron chi connectivity index (χ2n) is 4.86. The number of nitrogens with two attached hydrogens (primary N) is 1. The molecular formula is C17H22N2O. The molecule has 0 unspecified atom stereocenters. The van der Waals surface area contributed by atoms with E-state index in [0.717, 1.165) is 24.4 Å².